The summed E-state index contributed by atoms with van der Waals surface area (Å²) in [5.41, 5.74) is 0.851. The van der Waals surface area contributed by atoms with Gasteiger partial charge in [-0.3, -0.25) is 4.79 Å². The number of ether oxygens (including phenoxy) is 1. The largest absolute Gasteiger partial charge is 0.371 e. The predicted octanol–water partition coefficient (Wildman–Crippen LogP) is 2.40. The fraction of sp³-hybridized carbons (Fsp3) is 0.524. The molecule has 2 fully saturated rings. The zero-order valence-electron chi connectivity index (χ0n) is 17.4. The van der Waals surface area contributed by atoms with Crippen molar-refractivity contribution in [2.75, 3.05) is 37.7 Å². The molecule has 0 aliphatic carbocycles. The molecule has 0 unspecified atom stereocenters. The Morgan fingerprint density at radius 3 is 2.70 bits per heavy atom. The van der Waals surface area contributed by atoms with Crippen LogP contribution in [0.2, 0.25) is 0 Å². The van der Waals surface area contributed by atoms with Gasteiger partial charge < -0.3 is 14.5 Å². The Morgan fingerprint density at radius 2 is 1.97 bits per heavy atom. The van der Waals surface area contributed by atoms with Crippen molar-refractivity contribution in [3.05, 3.63) is 35.9 Å². The fourth-order valence-corrected chi connectivity index (χ4v) is 5.40. The highest BCUT2D eigenvalue weighted by molar-refractivity contribution is 7.22. The molecule has 30 heavy (non-hydrogen) atoms. The van der Waals surface area contributed by atoms with E-state index in [1.807, 2.05) is 24.8 Å². The number of amides is 1. The Morgan fingerprint density at radius 1 is 1.17 bits per heavy atom. The number of piperidine rings is 1. The number of nitrogens with zero attached hydrogens (tertiary/aromatic N) is 6. The normalized spacial score (nSPS) is 19.0. The summed E-state index contributed by atoms with van der Waals surface area (Å²) >= 11 is 1.74. The van der Waals surface area contributed by atoms with Crippen molar-refractivity contribution in [3.63, 3.8) is 0 Å². The van der Waals surface area contributed by atoms with Gasteiger partial charge in [0.2, 0.25) is 5.91 Å². The van der Waals surface area contributed by atoms with Gasteiger partial charge in [0, 0.05) is 26.2 Å². The highest BCUT2D eigenvalue weighted by Gasteiger charge is 2.41. The molecule has 5 rings (SSSR count). The summed E-state index contributed by atoms with van der Waals surface area (Å²) in [4.78, 5) is 26.2. The van der Waals surface area contributed by atoms with Crippen LogP contribution in [-0.2, 0) is 16.1 Å². The second-order valence-corrected chi connectivity index (χ2v) is 9.17. The number of hydrogen-bond donors (Lipinski definition) is 0. The first-order valence-electron chi connectivity index (χ1n) is 10.4. The molecule has 4 heterocycles. The van der Waals surface area contributed by atoms with Crippen LogP contribution in [0.15, 0.2) is 24.3 Å². The van der Waals surface area contributed by atoms with Crippen LogP contribution < -0.4 is 4.90 Å². The van der Waals surface area contributed by atoms with Gasteiger partial charge in [0.15, 0.2) is 5.13 Å². The molecule has 1 aromatic carbocycles. The Balaban J connectivity index is 1.23. The Bertz CT molecular complexity index is 1040. The zero-order valence-corrected chi connectivity index (χ0v) is 18.2. The number of thiazole rings is 1. The first-order chi connectivity index (χ1) is 14.5. The van der Waals surface area contributed by atoms with Crippen LogP contribution in [0.25, 0.3) is 10.2 Å². The van der Waals surface area contributed by atoms with Crippen molar-refractivity contribution in [2.24, 2.45) is 0 Å². The summed E-state index contributed by atoms with van der Waals surface area (Å²) in [6, 6.07) is 8.27. The van der Waals surface area contributed by atoms with Gasteiger partial charge in [0.05, 0.1) is 22.4 Å². The van der Waals surface area contributed by atoms with E-state index in [-0.39, 0.29) is 18.1 Å². The number of likely N-dealkylation sites (tertiary alicyclic amines) is 1. The minimum absolute atomic E-state index is 0.0942. The van der Waals surface area contributed by atoms with Gasteiger partial charge >= 0.3 is 0 Å². The van der Waals surface area contributed by atoms with Gasteiger partial charge in [0.25, 0.3) is 0 Å². The van der Waals surface area contributed by atoms with Crippen molar-refractivity contribution >= 4 is 32.6 Å². The van der Waals surface area contributed by atoms with E-state index in [0.717, 1.165) is 42.4 Å². The maximum absolute atomic E-state index is 12.8. The van der Waals surface area contributed by atoms with Crippen LogP contribution in [0, 0.1) is 13.8 Å². The first kappa shape index (κ1) is 19.4. The molecular weight excluding hydrogens is 400 g/mol. The molecule has 8 nitrogen and oxygen atoms in total. The number of para-hydroxylation sites is 1. The van der Waals surface area contributed by atoms with Gasteiger partial charge in [-0.1, -0.05) is 23.5 Å². The summed E-state index contributed by atoms with van der Waals surface area (Å²) < 4.78 is 9.17. The quantitative estimate of drug-likeness (QED) is 0.640. The standard InChI is InChI=1S/C21H26N6O2S/c1-15-22-16(2)27(24-15)13-19(28)25-9-7-21(8-10-25)14-26(11-12-29-21)20-23-17-5-3-4-6-18(17)30-20/h3-6H,7-14H2,1-2H3. The summed E-state index contributed by atoms with van der Waals surface area (Å²) in [6.07, 6.45) is 1.69. The number of anilines is 1. The minimum Gasteiger partial charge on any atom is -0.371 e. The SMILES string of the molecule is Cc1nc(C)n(CC(=O)N2CCC3(CC2)CN(c2nc4ccccc4s2)CCO3)n1. The summed E-state index contributed by atoms with van der Waals surface area (Å²) in [6.45, 7) is 7.77. The molecule has 1 amide bonds. The fourth-order valence-electron chi connectivity index (χ4n) is 4.41. The van der Waals surface area contributed by atoms with Gasteiger partial charge in [-0.2, -0.15) is 5.10 Å². The van der Waals surface area contributed by atoms with E-state index >= 15 is 0 Å². The molecule has 2 saturated heterocycles. The van der Waals surface area contributed by atoms with E-state index in [0.29, 0.717) is 25.5 Å². The Labute approximate surface area is 179 Å². The van der Waals surface area contributed by atoms with Crippen LogP contribution in [0.3, 0.4) is 0 Å². The molecule has 9 heteroatoms. The van der Waals surface area contributed by atoms with E-state index in [4.69, 9.17) is 9.72 Å². The third-order valence-electron chi connectivity index (χ3n) is 6.08. The van der Waals surface area contributed by atoms with Gasteiger partial charge in [-0.15, -0.1) is 0 Å². The number of carbonyl (C=O) groups excluding carboxylic acids is 1. The number of carbonyl (C=O) groups is 1. The lowest BCUT2D eigenvalue weighted by Crippen LogP contribution is -2.58. The number of hydrogen-bond acceptors (Lipinski definition) is 7. The van der Waals surface area contributed by atoms with Crippen molar-refractivity contribution in [2.45, 2.75) is 38.8 Å². The molecule has 2 aliphatic heterocycles. The smallest absolute Gasteiger partial charge is 0.244 e. The summed E-state index contributed by atoms with van der Waals surface area (Å²) in [5, 5.41) is 5.37. The van der Waals surface area contributed by atoms with Crippen LogP contribution in [-0.4, -0.2) is 68.9 Å². The minimum atomic E-state index is -0.202. The lowest BCUT2D eigenvalue weighted by atomic mass is 9.89. The van der Waals surface area contributed by atoms with Crippen LogP contribution >= 0.6 is 11.3 Å². The number of aromatic nitrogens is 4. The molecule has 0 N–H and O–H groups in total. The molecule has 158 valence electrons. The molecule has 1 spiro atoms. The van der Waals surface area contributed by atoms with Gasteiger partial charge in [-0.25, -0.2) is 14.6 Å². The molecule has 0 atom stereocenters. The second kappa shape index (κ2) is 7.63. The number of rotatable bonds is 3. The van der Waals surface area contributed by atoms with Crippen molar-refractivity contribution in [3.8, 4) is 0 Å². The number of aryl methyl sites for hydroxylation is 2. The second-order valence-electron chi connectivity index (χ2n) is 8.16. The average molecular weight is 427 g/mol. The topological polar surface area (TPSA) is 76.4 Å². The molecule has 3 aromatic rings. The monoisotopic (exact) mass is 426 g/mol. The lowest BCUT2D eigenvalue weighted by molar-refractivity contribution is -0.140. The van der Waals surface area contributed by atoms with Crippen LogP contribution in [0.1, 0.15) is 24.5 Å². The van der Waals surface area contributed by atoms with Crippen molar-refractivity contribution < 1.29 is 9.53 Å². The highest BCUT2D eigenvalue weighted by Crippen LogP contribution is 2.35. The third kappa shape index (κ3) is 3.67. The van der Waals surface area contributed by atoms with E-state index in [9.17, 15) is 4.79 Å². The van der Waals surface area contributed by atoms with Crippen molar-refractivity contribution in [1.82, 2.24) is 24.6 Å². The number of morpholine rings is 1. The van der Waals surface area contributed by atoms with Crippen molar-refractivity contribution in [1.29, 1.82) is 0 Å². The molecule has 2 aliphatic rings. The summed E-state index contributed by atoms with van der Waals surface area (Å²) in [7, 11) is 0. The number of benzene rings is 1. The first-order valence-corrected chi connectivity index (χ1v) is 11.2. The molecule has 0 radical (unpaired) electrons. The average Bonchev–Trinajstić information content (AvgIpc) is 3.31. The number of fused-ring (bicyclic) bond motifs is 1. The highest BCUT2D eigenvalue weighted by atomic mass is 32.1. The molecular formula is C21H26N6O2S. The third-order valence-corrected chi connectivity index (χ3v) is 7.17. The Hall–Kier alpha value is -2.52. The maximum Gasteiger partial charge on any atom is 0.244 e. The van der Waals surface area contributed by atoms with Gasteiger partial charge in [-0.05, 0) is 38.8 Å². The predicted molar refractivity (Wildman–Crippen MR) is 116 cm³/mol. The van der Waals surface area contributed by atoms with E-state index in [2.05, 4.69) is 33.2 Å². The van der Waals surface area contributed by atoms with E-state index in [1.165, 1.54) is 4.70 Å². The molecule has 0 bridgehead atoms. The zero-order chi connectivity index (χ0) is 20.7. The molecule has 0 saturated carbocycles. The van der Waals surface area contributed by atoms with E-state index in [1.54, 1.807) is 16.0 Å². The lowest BCUT2D eigenvalue weighted by Gasteiger charge is -2.47. The Kier molecular flexibility index (Phi) is 4.94. The molecule has 2 aromatic heterocycles. The maximum atomic E-state index is 12.8. The van der Waals surface area contributed by atoms with E-state index < -0.39 is 0 Å². The van der Waals surface area contributed by atoms with Gasteiger partial charge in [0.1, 0.15) is 18.2 Å². The summed E-state index contributed by atoms with van der Waals surface area (Å²) in [5.74, 6) is 1.57. The van der Waals surface area contributed by atoms with Crippen LogP contribution in [0.5, 0.6) is 0 Å². The van der Waals surface area contributed by atoms with Crippen LogP contribution in [0.4, 0.5) is 5.13 Å².